The first-order valence-corrected chi connectivity index (χ1v) is 18.0. The lowest BCUT2D eigenvalue weighted by Crippen LogP contribution is -2.51. The topological polar surface area (TPSA) is 24.1 Å². The largest absolute Gasteiger partial charge is 0.383 e. The standard InChI is InChI=1S/C46H48N2/c1-28-10-9-23-47-44(28)32-14-12-31(13-15-32)39-27-40(33-18-21-41(29(2)24-33)46(7)22-8-11-30(3)48-46)38-20-17-35-26-36(45(4,5)6)25-34-16-19-37(39)43(38)42(34)35/h8-9,11-12,14,16-21,23,25-30,44,47-48H,10,22,24H2,1-7H3. The van der Waals surface area contributed by atoms with Gasteiger partial charge in [0, 0.05) is 22.7 Å². The van der Waals surface area contributed by atoms with E-state index in [1.165, 1.54) is 65.7 Å². The SMILES string of the molecule is CC1C=CCC(C)(C2=CC=C(c3cc(C4=C=C=C(C5NC=CCC5C)C=C4)c4ccc5cc(C(C)(C)C)cc6ccc3c4c56)CC2C)N1. The number of allylic oxidation sites excluding steroid dienone is 6. The van der Waals surface area contributed by atoms with Gasteiger partial charge in [-0.25, -0.2) is 0 Å². The Labute approximate surface area is 286 Å². The van der Waals surface area contributed by atoms with E-state index in [-0.39, 0.29) is 17.0 Å². The Balaban J connectivity index is 1.35. The molecular weight excluding hydrogens is 581 g/mol. The maximum absolute atomic E-state index is 3.89. The van der Waals surface area contributed by atoms with Gasteiger partial charge in [-0.3, -0.25) is 0 Å². The number of hydrogen-bond donors (Lipinski definition) is 2. The van der Waals surface area contributed by atoms with Crippen LogP contribution in [0.2, 0.25) is 0 Å². The van der Waals surface area contributed by atoms with Gasteiger partial charge in [0.15, 0.2) is 0 Å². The quantitative estimate of drug-likeness (QED) is 0.133. The van der Waals surface area contributed by atoms with E-state index in [4.69, 9.17) is 0 Å². The average molecular weight is 629 g/mol. The average Bonchev–Trinajstić information content (AvgIpc) is 3.06. The Bertz CT molecular complexity index is 2210. The van der Waals surface area contributed by atoms with E-state index in [0.29, 0.717) is 17.9 Å². The highest BCUT2D eigenvalue weighted by Crippen LogP contribution is 2.46. The van der Waals surface area contributed by atoms with Crippen molar-refractivity contribution in [3.05, 3.63) is 130 Å². The van der Waals surface area contributed by atoms with Gasteiger partial charge in [0.05, 0.1) is 6.04 Å². The van der Waals surface area contributed by atoms with E-state index in [1.54, 1.807) is 0 Å². The number of nitrogens with one attached hydrogen (secondary N) is 2. The summed E-state index contributed by atoms with van der Waals surface area (Å²) in [6, 6.07) is 17.4. The molecule has 2 heterocycles. The third-order valence-electron chi connectivity index (χ3n) is 11.5. The number of benzene rings is 4. The van der Waals surface area contributed by atoms with Crippen molar-refractivity contribution in [1.82, 2.24) is 10.6 Å². The van der Waals surface area contributed by atoms with Crippen LogP contribution in [0.1, 0.15) is 84.4 Å². The summed E-state index contributed by atoms with van der Waals surface area (Å²) < 4.78 is 0. The number of hydrogen-bond acceptors (Lipinski definition) is 2. The zero-order valence-corrected chi connectivity index (χ0v) is 29.6. The second kappa shape index (κ2) is 11.4. The van der Waals surface area contributed by atoms with E-state index in [2.05, 4.69) is 162 Å². The highest BCUT2D eigenvalue weighted by Gasteiger charge is 2.35. The highest BCUT2D eigenvalue weighted by molar-refractivity contribution is 6.26. The Morgan fingerprint density at radius 2 is 1.58 bits per heavy atom. The van der Waals surface area contributed by atoms with Crippen LogP contribution in [0, 0.1) is 11.8 Å². The van der Waals surface area contributed by atoms with E-state index in [9.17, 15) is 0 Å². The van der Waals surface area contributed by atoms with Crippen LogP contribution in [0.4, 0.5) is 0 Å². The van der Waals surface area contributed by atoms with Crippen molar-refractivity contribution in [3.63, 3.8) is 0 Å². The van der Waals surface area contributed by atoms with Gasteiger partial charge < -0.3 is 10.6 Å². The second-order valence-corrected chi connectivity index (χ2v) is 16.1. The fourth-order valence-electron chi connectivity index (χ4n) is 8.83. The first kappa shape index (κ1) is 31.0. The molecule has 4 aromatic carbocycles. The first-order valence-electron chi connectivity index (χ1n) is 18.0. The van der Waals surface area contributed by atoms with Crippen molar-refractivity contribution in [2.75, 3.05) is 0 Å². The van der Waals surface area contributed by atoms with Crippen LogP contribution < -0.4 is 10.6 Å². The minimum atomic E-state index is -0.0127. The van der Waals surface area contributed by atoms with Crippen LogP contribution in [0.3, 0.4) is 0 Å². The molecule has 0 spiro atoms. The molecule has 4 aromatic rings. The summed E-state index contributed by atoms with van der Waals surface area (Å²) in [7, 11) is 0. The van der Waals surface area contributed by atoms with Crippen molar-refractivity contribution in [3.8, 4) is 0 Å². The minimum absolute atomic E-state index is 0.0127. The third-order valence-corrected chi connectivity index (χ3v) is 11.5. The lowest BCUT2D eigenvalue weighted by Gasteiger charge is -2.41. The van der Waals surface area contributed by atoms with Gasteiger partial charge in [-0.15, -0.1) is 0 Å². The first-order chi connectivity index (χ1) is 23.0. The number of rotatable bonds is 4. The fraction of sp³-hybridized carbons (Fsp3) is 0.348. The molecule has 5 atom stereocenters. The molecule has 2 aliphatic carbocycles. The van der Waals surface area contributed by atoms with Gasteiger partial charge in [0.1, 0.15) is 0 Å². The van der Waals surface area contributed by atoms with Crippen molar-refractivity contribution >= 4 is 43.5 Å². The molecule has 0 amide bonds. The molecule has 0 bridgehead atoms. The molecular formula is C46H48N2. The molecule has 0 saturated heterocycles. The molecule has 2 aliphatic heterocycles. The molecule has 4 aliphatic rings. The third kappa shape index (κ3) is 5.15. The smallest absolute Gasteiger partial charge is 0.0615 e. The van der Waals surface area contributed by atoms with Gasteiger partial charge in [0.2, 0.25) is 0 Å². The highest BCUT2D eigenvalue weighted by atomic mass is 15.0. The summed E-state index contributed by atoms with van der Waals surface area (Å²) in [5.41, 5.74) is 16.5. The van der Waals surface area contributed by atoms with Gasteiger partial charge in [-0.1, -0.05) is 113 Å². The molecule has 2 nitrogen and oxygen atoms in total. The Hall–Kier alpha value is -4.32. The molecule has 5 unspecified atom stereocenters. The monoisotopic (exact) mass is 628 g/mol. The van der Waals surface area contributed by atoms with E-state index < -0.39 is 0 Å². The van der Waals surface area contributed by atoms with Gasteiger partial charge in [0.25, 0.3) is 0 Å². The maximum atomic E-state index is 3.89. The van der Waals surface area contributed by atoms with Crippen molar-refractivity contribution in [1.29, 1.82) is 0 Å². The lowest BCUT2D eigenvalue weighted by atomic mass is 9.73. The predicted octanol–water partition coefficient (Wildman–Crippen LogP) is 11.1. The molecule has 2 N–H and O–H groups in total. The van der Waals surface area contributed by atoms with Crippen molar-refractivity contribution in [2.45, 2.75) is 90.8 Å². The van der Waals surface area contributed by atoms with Crippen LogP contribution in [-0.2, 0) is 5.41 Å². The second-order valence-electron chi connectivity index (χ2n) is 16.1. The summed E-state index contributed by atoms with van der Waals surface area (Å²) in [5.74, 6) is 0.962. The minimum Gasteiger partial charge on any atom is -0.383 e. The van der Waals surface area contributed by atoms with Crippen molar-refractivity contribution < 1.29 is 0 Å². The fourth-order valence-corrected chi connectivity index (χ4v) is 8.83. The van der Waals surface area contributed by atoms with E-state index >= 15 is 0 Å². The predicted molar refractivity (Wildman–Crippen MR) is 206 cm³/mol. The van der Waals surface area contributed by atoms with Crippen LogP contribution in [0.5, 0.6) is 0 Å². The van der Waals surface area contributed by atoms with Crippen molar-refractivity contribution in [2.24, 2.45) is 11.8 Å². The lowest BCUT2D eigenvalue weighted by molar-refractivity contribution is 0.349. The van der Waals surface area contributed by atoms with E-state index in [0.717, 1.165) is 24.8 Å². The molecule has 2 heteroatoms. The van der Waals surface area contributed by atoms with Gasteiger partial charge >= 0.3 is 0 Å². The molecule has 48 heavy (non-hydrogen) atoms. The Kier molecular flexibility index (Phi) is 7.35. The van der Waals surface area contributed by atoms with E-state index in [1.807, 2.05) is 0 Å². The maximum Gasteiger partial charge on any atom is 0.0615 e. The zero-order valence-electron chi connectivity index (χ0n) is 29.6. The Morgan fingerprint density at radius 1 is 0.833 bits per heavy atom. The van der Waals surface area contributed by atoms with Gasteiger partial charge in [-0.2, -0.15) is 0 Å². The summed E-state index contributed by atoms with van der Waals surface area (Å²) in [6.45, 7) is 16.3. The summed E-state index contributed by atoms with van der Waals surface area (Å²) in [4.78, 5) is 0. The summed E-state index contributed by atoms with van der Waals surface area (Å²) in [6.07, 6.45) is 21.5. The molecule has 0 saturated carbocycles. The molecule has 8 rings (SSSR count). The summed E-state index contributed by atoms with van der Waals surface area (Å²) in [5, 5.41) is 15.5. The summed E-state index contributed by atoms with van der Waals surface area (Å²) >= 11 is 0. The Morgan fingerprint density at radius 3 is 2.23 bits per heavy atom. The van der Waals surface area contributed by atoms with Crippen LogP contribution >= 0.6 is 0 Å². The normalized spacial score (nSPS) is 27.3. The van der Waals surface area contributed by atoms with Crippen LogP contribution in [-0.4, -0.2) is 17.6 Å². The molecule has 0 fully saturated rings. The molecule has 0 aromatic heterocycles. The van der Waals surface area contributed by atoms with Crippen LogP contribution in [0.25, 0.3) is 43.5 Å². The molecule has 242 valence electrons. The molecule has 0 radical (unpaired) electrons. The van der Waals surface area contributed by atoms with Gasteiger partial charge in [-0.05, 0) is 135 Å². The zero-order chi connectivity index (χ0) is 33.4. The van der Waals surface area contributed by atoms with Crippen LogP contribution in [0.15, 0.2) is 114 Å².